The van der Waals surface area contributed by atoms with Gasteiger partial charge in [0.1, 0.15) is 0 Å². The molecule has 2 N–H and O–H groups in total. The largest absolute Gasteiger partial charge is 0.370 e. The fraction of sp³-hybridized carbons (Fsp3) is 0.900. The molecule has 0 spiro atoms. The Balaban J connectivity index is 0.00000162. The van der Waals surface area contributed by atoms with Crippen molar-refractivity contribution in [3.8, 4) is 0 Å². The van der Waals surface area contributed by atoms with E-state index < -0.39 is 10.0 Å². The maximum Gasteiger partial charge on any atom is 0.214 e. The third kappa shape index (κ3) is 3.95. The normalized spacial score (nSPS) is 23.7. The number of hydrogen-bond donors (Lipinski definition) is 1. The van der Waals surface area contributed by atoms with Gasteiger partial charge in [-0.2, -0.15) is 0 Å². The molecule has 0 aromatic rings. The summed E-state index contributed by atoms with van der Waals surface area (Å²) < 4.78 is 24.6. The number of halogens is 1. The number of aliphatic imine (C=N–C) groups is 1. The predicted octanol–water partition coefficient (Wildman–Crippen LogP) is 0.0488. The Morgan fingerprint density at radius 2 is 2.17 bits per heavy atom. The van der Waals surface area contributed by atoms with Gasteiger partial charge in [0.15, 0.2) is 5.96 Å². The van der Waals surface area contributed by atoms with E-state index in [-0.39, 0.29) is 29.7 Å². The van der Waals surface area contributed by atoms with Crippen LogP contribution < -0.4 is 5.73 Å². The average Bonchev–Trinajstić information content (AvgIpc) is 3.04. The minimum absolute atomic E-state index is 0. The number of nitrogens with two attached hydrogens (primary N) is 1. The lowest BCUT2D eigenvalue weighted by molar-refractivity contribution is 0.447. The Bertz CT molecular complexity index is 408. The molecule has 2 aliphatic rings. The maximum absolute atomic E-state index is 11.5. The molecule has 1 saturated heterocycles. The standard InChI is InChI=1S/C10H20N4O2S.HI/c1-13(9-3-4-9)10(11)12-5-7-14-6-2-8-17(14,15)16;/h9H,2-8H2,1H3,(H2,11,12);1H. The quantitative estimate of drug-likeness (QED) is 0.419. The Kier molecular flexibility index (Phi) is 5.66. The minimum Gasteiger partial charge on any atom is -0.370 e. The zero-order valence-electron chi connectivity index (χ0n) is 10.6. The molecular formula is C10H21IN4O2S. The Morgan fingerprint density at radius 1 is 1.50 bits per heavy atom. The summed E-state index contributed by atoms with van der Waals surface area (Å²) in [7, 11) is -1.07. The monoisotopic (exact) mass is 388 g/mol. The molecule has 8 heteroatoms. The Morgan fingerprint density at radius 3 is 2.67 bits per heavy atom. The zero-order chi connectivity index (χ0) is 12.5. The topological polar surface area (TPSA) is 79.0 Å². The Hall–Kier alpha value is -0.0900. The molecule has 0 bridgehead atoms. The highest BCUT2D eigenvalue weighted by Gasteiger charge is 2.28. The molecular weight excluding hydrogens is 367 g/mol. The van der Waals surface area contributed by atoms with Crippen molar-refractivity contribution in [2.45, 2.75) is 25.3 Å². The molecule has 1 saturated carbocycles. The molecule has 0 aromatic heterocycles. The van der Waals surface area contributed by atoms with E-state index in [9.17, 15) is 8.42 Å². The van der Waals surface area contributed by atoms with Gasteiger partial charge in [0.25, 0.3) is 0 Å². The summed E-state index contributed by atoms with van der Waals surface area (Å²) in [6.07, 6.45) is 3.07. The van der Waals surface area contributed by atoms with Gasteiger partial charge in [0.05, 0.1) is 12.3 Å². The predicted molar refractivity (Wildman–Crippen MR) is 82.7 cm³/mol. The van der Waals surface area contributed by atoms with Crippen molar-refractivity contribution in [2.24, 2.45) is 10.7 Å². The van der Waals surface area contributed by atoms with Gasteiger partial charge in [-0.05, 0) is 19.3 Å². The Labute approximate surface area is 126 Å². The number of rotatable bonds is 4. The summed E-state index contributed by atoms with van der Waals surface area (Å²) in [5.41, 5.74) is 5.82. The van der Waals surface area contributed by atoms with Crippen molar-refractivity contribution in [1.82, 2.24) is 9.21 Å². The van der Waals surface area contributed by atoms with Gasteiger partial charge in [-0.3, -0.25) is 4.99 Å². The van der Waals surface area contributed by atoms with E-state index in [4.69, 9.17) is 5.73 Å². The molecule has 1 aliphatic carbocycles. The number of hydrogen-bond acceptors (Lipinski definition) is 3. The molecule has 2 fully saturated rings. The summed E-state index contributed by atoms with van der Waals surface area (Å²) in [6, 6.07) is 0.536. The van der Waals surface area contributed by atoms with Crippen LogP contribution in [-0.4, -0.2) is 62.1 Å². The molecule has 106 valence electrons. The van der Waals surface area contributed by atoms with Crippen LogP contribution in [-0.2, 0) is 10.0 Å². The average molecular weight is 388 g/mol. The van der Waals surface area contributed by atoms with Gasteiger partial charge in [0, 0.05) is 26.2 Å². The molecule has 0 amide bonds. The highest BCUT2D eigenvalue weighted by molar-refractivity contribution is 14.0. The molecule has 0 unspecified atom stereocenters. The van der Waals surface area contributed by atoms with Crippen LogP contribution in [0.3, 0.4) is 0 Å². The van der Waals surface area contributed by atoms with Crippen molar-refractivity contribution in [3.63, 3.8) is 0 Å². The van der Waals surface area contributed by atoms with E-state index in [1.165, 1.54) is 17.1 Å². The van der Waals surface area contributed by atoms with E-state index in [1.54, 1.807) is 0 Å². The van der Waals surface area contributed by atoms with Crippen LogP contribution in [0.25, 0.3) is 0 Å². The fourth-order valence-electron chi connectivity index (χ4n) is 1.98. The van der Waals surface area contributed by atoms with Crippen LogP contribution in [0.4, 0.5) is 0 Å². The van der Waals surface area contributed by atoms with Gasteiger partial charge in [0.2, 0.25) is 10.0 Å². The van der Waals surface area contributed by atoms with Crippen molar-refractivity contribution in [2.75, 3.05) is 32.4 Å². The number of guanidine groups is 1. The first-order valence-corrected chi connectivity index (χ1v) is 7.62. The first-order chi connectivity index (χ1) is 8.00. The van der Waals surface area contributed by atoms with E-state index in [0.717, 1.165) is 6.42 Å². The van der Waals surface area contributed by atoms with Crippen LogP contribution in [0.15, 0.2) is 4.99 Å². The van der Waals surface area contributed by atoms with Crippen LogP contribution in [0.1, 0.15) is 19.3 Å². The molecule has 0 aromatic carbocycles. The smallest absolute Gasteiger partial charge is 0.214 e. The fourth-order valence-corrected chi connectivity index (χ4v) is 3.50. The van der Waals surface area contributed by atoms with E-state index >= 15 is 0 Å². The first-order valence-electron chi connectivity index (χ1n) is 6.01. The van der Waals surface area contributed by atoms with Gasteiger partial charge >= 0.3 is 0 Å². The van der Waals surface area contributed by atoms with Gasteiger partial charge in [-0.15, -0.1) is 24.0 Å². The molecule has 1 aliphatic heterocycles. The lowest BCUT2D eigenvalue weighted by atomic mass is 10.5. The second-order valence-electron chi connectivity index (χ2n) is 4.65. The van der Waals surface area contributed by atoms with Crippen molar-refractivity contribution in [3.05, 3.63) is 0 Å². The van der Waals surface area contributed by atoms with E-state index in [1.807, 2.05) is 11.9 Å². The molecule has 6 nitrogen and oxygen atoms in total. The van der Waals surface area contributed by atoms with E-state index in [2.05, 4.69) is 4.99 Å². The highest BCUT2D eigenvalue weighted by atomic mass is 127. The van der Waals surface area contributed by atoms with Crippen molar-refractivity contribution >= 4 is 40.0 Å². The second-order valence-corrected chi connectivity index (χ2v) is 6.74. The molecule has 1 heterocycles. The van der Waals surface area contributed by atoms with Gasteiger partial charge in [-0.25, -0.2) is 12.7 Å². The highest BCUT2D eigenvalue weighted by Crippen LogP contribution is 2.24. The van der Waals surface area contributed by atoms with Crippen LogP contribution in [0, 0.1) is 0 Å². The summed E-state index contributed by atoms with van der Waals surface area (Å²) in [4.78, 5) is 6.20. The third-order valence-electron chi connectivity index (χ3n) is 3.28. The lowest BCUT2D eigenvalue weighted by Gasteiger charge is -2.17. The van der Waals surface area contributed by atoms with Gasteiger partial charge < -0.3 is 10.6 Å². The van der Waals surface area contributed by atoms with E-state index in [0.29, 0.717) is 31.6 Å². The van der Waals surface area contributed by atoms with Crippen LogP contribution in [0.5, 0.6) is 0 Å². The summed E-state index contributed by atoms with van der Waals surface area (Å²) >= 11 is 0. The SMILES string of the molecule is CN(C(N)=NCCN1CCCS1(=O)=O)C1CC1.I. The molecule has 18 heavy (non-hydrogen) atoms. The summed E-state index contributed by atoms with van der Waals surface area (Å²) in [5.74, 6) is 0.790. The summed E-state index contributed by atoms with van der Waals surface area (Å²) in [5, 5.41) is 0. The third-order valence-corrected chi connectivity index (χ3v) is 5.24. The second kappa shape index (κ2) is 6.38. The van der Waals surface area contributed by atoms with Crippen LogP contribution in [0.2, 0.25) is 0 Å². The first kappa shape index (κ1) is 16.0. The van der Waals surface area contributed by atoms with Gasteiger partial charge in [-0.1, -0.05) is 0 Å². The van der Waals surface area contributed by atoms with Crippen LogP contribution >= 0.6 is 24.0 Å². The van der Waals surface area contributed by atoms with Crippen molar-refractivity contribution < 1.29 is 8.42 Å². The molecule has 0 radical (unpaired) electrons. The molecule has 0 atom stereocenters. The number of nitrogens with zero attached hydrogens (tertiary/aromatic N) is 3. The van der Waals surface area contributed by atoms with Crippen molar-refractivity contribution in [1.29, 1.82) is 0 Å². The number of sulfonamides is 1. The minimum atomic E-state index is -3.00. The maximum atomic E-state index is 11.5. The molecule has 2 rings (SSSR count). The zero-order valence-corrected chi connectivity index (χ0v) is 13.7. The summed E-state index contributed by atoms with van der Waals surface area (Å²) in [6.45, 7) is 1.51. The lowest BCUT2D eigenvalue weighted by Crippen LogP contribution is -2.36.